The lowest BCUT2D eigenvalue weighted by molar-refractivity contribution is -0.323. The minimum atomic E-state index is -2.00. The topological polar surface area (TPSA) is 58.6 Å². The largest absolute Gasteiger partial charge is 0.514 e. The molecule has 0 aromatic heterocycles. The molecule has 0 heterocycles. The molecule has 0 aromatic carbocycles. The highest BCUT2D eigenvalue weighted by molar-refractivity contribution is 6.68. The Morgan fingerprint density at radius 2 is 1.86 bits per heavy atom. The van der Waals surface area contributed by atoms with Gasteiger partial charge in [-0.3, -0.25) is 0 Å². The molecule has 84 valence electrons. The molecule has 0 saturated heterocycles. The van der Waals surface area contributed by atoms with Gasteiger partial charge in [-0.1, -0.05) is 41.7 Å². The van der Waals surface area contributed by atoms with Gasteiger partial charge in [0.15, 0.2) is 5.79 Å². The first-order valence-corrected chi connectivity index (χ1v) is 5.03. The molecule has 0 amide bonds. The van der Waals surface area contributed by atoms with Gasteiger partial charge in [0, 0.05) is 6.61 Å². The van der Waals surface area contributed by atoms with Gasteiger partial charge in [0.2, 0.25) is 3.79 Å². The van der Waals surface area contributed by atoms with E-state index in [0.29, 0.717) is 0 Å². The second kappa shape index (κ2) is 5.26. The van der Waals surface area contributed by atoms with E-state index in [0.717, 1.165) is 0 Å². The fourth-order valence-corrected chi connectivity index (χ4v) is 1.59. The van der Waals surface area contributed by atoms with E-state index in [1.807, 2.05) is 0 Å². The summed E-state index contributed by atoms with van der Waals surface area (Å²) in [5, 5.41) is 10.3. The number of alkyl halides is 3. The molecule has 0 radical (unpaired) electrons. The summed E-state index contributed by atoms with van der Waals surface area (Å²) >= 11 is 16.7. The Hall–Kier alpha value is 0.1000. The van der Waals surface area contributed by atoms with E-state index in [1.165, 1.54) is 0 Å². The van der Waals surface area contributed by atoms with Gasteiger partial charge in [-0.05, 0) is 13.3 Å². The molecule has 0 aliphatic heterocycles. The molecular formula is C7H10Cl3O4-. The molecule has 7 heteroatoms. The van der Waals surface area contributed by atoms with Gasteiger partial charge in [-0.25, -0.2) is 0 Å². The molecule has 0 N–H and O–H groups in total. The lowest BCUT2D eigenvalue weighted by Crippen LogP contribution is -2.51. The predicted octanol–water partition coefficient (Wildman–Crippen LogP) is 1.86. The number of ether oxygens (including phenoxy) is 2. The van der Waals surface area contributed by atoms with Crippen LogP contribution >= 0.6 is 34.8 Å². The standard InChI is InChI=1S/C7H11Cl3O4/c1-3-6(13-4-2,7(8,9)10)14-5(11)12/h3-4H2,1-2H3,(H,11,12)/p-1. The minimum absolute atomic E-state index is 0.0608. The fraction of sp³-hybridized carbons (Fsp3) is 0.857. The first-order valence-electron chi connectivity index (χ1n) is 3.89. The third-order valence-corrected chi connectivity index (χ3v) is 2.39. The summed E-state index contributed by atoms with van der Waals surface area (Å²) in [6.45, 7) is 3.34. The van der Waals surface area contributed by atoms with Crippen LogP contribution in [0.1, 0.15) is 20.3 Å². The zero-order chi connectivity index (χ0) is 11.4. The van der Waals surface area contributed by atoms with Crippen molar-refractivity contribution in [1.29, 1.82) is 0 Å². The van der Waals surface area contributed by atoms with Crippen LogP contribution < -0.4 is 5.11 Å². The second-order valence-electron chi connectivity index (χ2n) is 2.39. The average molecular weight is 265 g/mol. The Kier molecular flexibility index (Phi) is 5.30. The maximum atomic E-state index is 10.3. The number of carbonyl (C=O) groups excluding carboxylic acids is 1. The van der Waals surface area contributed by atoms with E-state index in [2.05, 4.69) is 4.74 Å². The van der Waals surface area contributed by atoms with Crippen molar-refractivity contribution in [2.24, 2.45) is 0 Å². The van der Waals surface area contributed by atoms with Crippen molar-refractivity contribution in [3.8, 4) is 0 Å². The van der Waals surface area contributed by atoms with Crippen LogP contribution in [0.15, 0.2) is 0 Å². The van der Waals surface area contributed by atoms with Gasteiger partial charge in [0.05, 0.1) is 0 Å². The summed E-state index contributed by atoms with van der Waals surface area (Å²) in [6.07, 6.45) is -1.74. The molecule has 0 fully saturated rings. The van der Waals surface area contributed by atoms with Crippen LogP contribution in [0, 0.1) is 0 Å². The van der Waals surface area contributed by atoms with Crippen LogP contribution in [-0.2, 0) is 9.47 Å². The molecule has 0 aliphatic rings. The van der Waals surface area contributed by atoms with Gasteiger partial charge >= 0.3 is 0 Å². The molecular weight excluding hydrogens is 254 g/mol. The van der Waals surface area contributed by atoms with Crippen molar-refractivity contribution in [2.45, 2.75) is 29.8 Å². The number of hydrogen-bond acceptors (Lipinski definition) is 4. The lowest BCUT2D eigenvalue weighted by Gasteiger charge is -2.41. The third-order valence-electron chi connectivity index (χ3n) is 1.52. The summed E-state index contributed by atoms with van der Waals surface area (Å²) in [4.78, 5) is 10.3. The Labute approximate surface area is 97.0 Å². The van der Waals surface area contributed by atoms with Gasteiger partial charge in [-0.15, -0.1) is 0 Å². The molecule has 1 unspecified atom stereocenters. The van der Waals surface area contributed by atoms with Crippen LogP contribution in [0.25, 0.3) is 0 Å². The highest BCUT2D eigenvalue weighted by Gasteiger charge is 2.48. The minimum Gasteiger partial charge on any atom is -0.514 e. The normalized spacial score (nSPS) is 16.1. The Morgan fingerprint density at radius 3 is 2.07 bits per heavy atom. The zero-order valence-electron chi connectivity index (χ0n) is 7.68. The lowest BCUT2D eigenvalue weighted by atomic mass is 10.2. The molecule has 0 rings (SSSR count). The Morgan fingerprint density at radius 1 is 1.36 bits per heavy atom. The molecule has 1 atom stereocenters. The zero-order valence-corrected chi connectivity index (χ0v) is 9.95. The highest BCUT2D eigenvalue weighted by atomic mass is 35.6. The molecule has 0 saturated carbocycles. The van der Waals surface area contributed by atoms with E-state index in [9.17, 15) is 9.90 Å². The quantitative estimate of drug-likeness (QED) is 0.442. The van der Waals surface area contributed by atoms with Gasteiger partial charge in [0.1, 0.15) is 0 Å². The number of rotatable bonds is 4. The fourth-order valence-electron chi connectivity index (χ4n) is 0.912. The number of halogens is 3. The molecule has 0 bridgehead atoms. The van der Waals surface area contributed by atoms with Gasteiger partial charge < -0.3 is 19.4 Å². The number of hydrogen-bond donors (Lipinski definition) is 0. The molecule has 0 spiro atoms. The SMILES string of the molecule is CCOC(CC)(OC(=O)[O-])C(Cl)(Cl)Cl. The van der Waals surface area contributed by atoms with Gasteiger partial charge in [-0.2, -0.15) is 0 Å². The summed E-state index contributed by atoms with van der Waals surface area (Å²) in [6, 6.07) is 0. The van der Waals surface area contributed by atoms with E-state index in [1.54, 1.807) is 13.8 Å². The first-order chi connectivity index (χ1) is 6.29. The smallest absolute Gasteiger partial charge is 0.254 e. The van der Waals surface area contributed by atoms with Crippen molar-refractivity contribution >= 4 is 41.0 Å². The van der Waals surface area contributed by atoms with Crippen LogP contribution in [0.4, 0.5) is 4.79 Å². The number of carboxylic acid groups (broad SMARTS) is 1. The Balaban J connectivity index is 4.87. The van der Waals surface area contributed by atoms with E-state index in [4.69, 9.17) is 39.5 Å². The maximum Gasteiger partial charge on any atom is 0.254 e. The summed E-state index contributed by atoms with van der Waals surface area (Å²) in [5.74, 6) is -1.81. The molecule has 0 aromatic rings. The number of carbonyl (C=O) groups is 1. The third kappa shape index (κ3) is 3.35. The average Bonchev–Trinajstić information content (AvgIpc) is 2.00. The van der Waals surface area contributed by atoms with E-state index in [-0.39, 0.29) is 13.0 Å². The van der Waals surface area contributed by atoms with Crippen LogP contribution in [0.2, 0.25) is 0 Å². The van der Waals surface area contributed by atoms with Crippen molar-refractivity contribution in [3.63, 3.8) is 0 Å². The van der Waals surface area contributed by atoms with Crippen LogP contribution in [0.3, 0.4) is 0 Å². The summed E-state index contributed by atoms with van der Waals surface area (Å²) in [5.41, 5.74) is 0. The van der Waals surface area contributed by atoms with E-state index < -0.39 is 15.7 Å². The predicted molar refractivity (Wildman–Crippen MR) is 51.4 cm³/mol. The van der Waals surface area contributed by atoms with Crippen molar-refractivity contribution in [3.05, 3.63) is 0 Å². The molecule has 0 aliphatic carbocycles. The van der Waals surface area contributed by atoms with Crippen LogP contribution in [-0.4, -0.2) is 22.3 Å². The van der Waals surface area contributed by atoms with Crippen molar-refractivity contribution < 1.29 is 19.4 Å². The van der Waals surface area contributed by atoms with Crippen molar-refractivity contribution in [2.75, 3.05) is 6.61 Å². The summed E-state index contributed by atoms with van der Waals surface area (Å²) < 4.78 is 7.39. The monoisotopic (exact) mass is 263 g/mol. The Bertz CT molecular complexity index is 204. The van der Waals surface area contributed by atoms with Crippen LogP contribution in [0.5, 0.6) is 0 Å². The highest BCUT2D eigenvalue weighted by Crippen LogP contribution is 2.43. The first kappa shape index (κ1) is 14.1. The van der Waals surface area contributed by atoms with Crippen molar-refractivity contribution in [1.82, 2.24) is 0 Å². The summed E-state index contributed by atoms with van der Waals surface area (Å²) in [7, 11) is 0. The maximum absolute atomic E-state index is 10.3. The molecule has 4 nitrogen and oxygen atoms in total. The van der Waals surface area contributed by atoms with Gasteiger partial charge in [0.25, 0.3) is 6.16 Å². The second-order valence-corrected chi connectivity index (χ2v) is 4.67. The van der Waals surface area contributed by atoms with E-state index >= 15 is 0 Å². The molecule has 14 heavy (non-hydrogen) atoms.